The molecule has 2 N–H and O–H groups in total. The molecule has 0 aliphatic heterocycles. The Bertz CT molecular complexity index is 199. The number of ether oxygens (including phenoxy) is 2. The topological polar surface area (TPSA) is 67.8 Å². The van der Waals surface area contributed by atoms with Crippen molar-refractivity contribution >= 4 is 5.97 Å². The molecule has 0 aliphatic carbocycles. The average molecular weight is 261 g/mol. The highest BCUT2D eigenvalue weighted by Gasteiger charge is 2.00. The predicted octanol–water partition coefficient (Wildman–Crippen LogP) is 1.52. The fourth-order valence-electron chi connectivity index (χ4n) is 1.53. The molecule has 0 aromatic rings. The monoisotopic (exact) mass is 261 g/mol. The number of carbonyl (C=O) groups is 1. The molecule has 5 nitrogen and oxygen atoms in total. The molecule has 0 bridgehead atoms. The molecule has 0 fully saturated rings. The van der Waals surface area contributed by atoms with Gasteiger partial charge < -0.3 is 19.9 Å². The molecule has 108 valence electrons. The largest absolute Gasteiger partial charge is 0.480 e. The van der Waals surface area contributed by atoms with Crippen molar-refractivity contribution < 1.29 is 19.4 Å². The maximum atomic E-state index is 10.1. The van der Waals surface area contributed by atoms with E-state index in [2.05, 4.69) is 19.2 Å². The van der Waals surface area contributed by atoms with Crippen molar-refractivity contribution in [3.8, 4) is 0 Å². The van der Waals surface area contributed by atoms with Crippen LogP contribution in [0.2, 0.25) is 0 Å². The number of hydrogen-bond donors (Lipinski definition) is 2. The summed E-state index contributed by atoms with van der Waals surface area (Å²) in [6.07, 6.45) is 3.82. The lowest BCUT2D eigenvalue weighted by Gasteiger charge is -2.12. The normalized spacial score (nSPS) is 12.6. The van der Waals surface area contributed by atoms with Gasteiger partial charge in [-0.15, -0.1) is 0 Å². The molecule has 0 rings (SSSR count). The molecule has 1 atom stereocenters. The van der Waals surface area contributed by atoms with Crippen molar-refractivity contribution in [1.29, 1.82) is 0 Å². The maximum absolute atomic E-state index is 10.1. The second-order valence-electron chi connectivity index (χ2n) is 4.51. The van der Waals surface area contributed by atoms with Crippen molar-refractivity contribution in [1.82, 2.24) is 5.32 Å². The lowest BCUT2D eigenvalue weighted by Crippen LogP contribution is -2.25. The molecule has 0 spiro atoms. The van der Waals surface area contributed by atoms with Gasteiger partial charge in [-0.3, -0.25) is 0 Å². The summed E-state index contributed by atoms with van der Waals surface area (Å²) in [5.41, 5.74) is 0. The van der Waals surface area contributed by atoms with Crippen molar-refractivity contribution in [2.24, 2.45) is 5.92 Å². The maximum Gasteiger partial charge on any atom is 0.329 e. The summed E-state index contributed by atoms with van der Waals surface area (Å²) in [6.45, 7) is 7.48. The third-order valence-electron chi connectivity index (χ3n) is 2.56. The molecular weight excluding hydrogens is 234 g/mol. The Balaban J connectivity index is 3.09. The van der Waals surface area contributed by atoms with E-state index in [1.54, 1.807) is 0 Å². The second-order valence-corrected chi connectivity index (χ2v) is 4.51. The van der Waals surface area contributed by atoms with Crippen LogP contribution in [0.1, 0.15) is 33.1 Å². The van der Waals surface area contributed by atoms with E-state index in [4.69, 9.17) is 14.6 Å². The van der Waals surface area contributed by atoms with Crippen LogP contribution in [0.25, 0.3) is 0 Å². The Morgan fingerprint density at radius 2 is 2.00 bits per heavy atom. The number of carboxylic acid groups (broad SMARTS) is 1. The number of rotatable bonds is 13. The summed E-state index contributed by atoms with van der Waals surface area (Å²) in [5.74, 6) is -0.235. The Hall–Kier alpha value is -0.650. The Labute approximate surface area is 110 Å². The van der Waals surface area contributed by atoms with Gasteiger partial charge in [0.15, 0.2) is 0 Å². The zero-order valence-corrected chi connectivity index (χ0v) is 11.6. The van der Waals surface area contributed by atoms with Crippen LogP contribution in [-0.2, 0) is 14.3 Å². The Morgan fingerprint density at radius 3 is 2.67 bits per heavy atom. The summed E-state index contributed by atoms with van der Waals surface area (Å²) in [4.78, 5) is 10.1. The van der Waals surface area contributed by atoms with Gasteiger partial charge in [0.2, 0.25) is 0 Å². The first-order chi connectivity index (χ1) is 8.66. The van der Waals surface area contributed by atoms with E-state index in [1.165, 1.54) is 19.3 Å². The van der Waals surface area contributed by atoms with E-state index in [0.717, 1.165) is 13.1 Å². The number of hydrogen-bond acceptors (Lipinski definition) is 4. The van der Waals surface area contributed by atoms with Gasteiger partial charge in [0.1, 0.15) is 6.61 Å². The van der Waals surface area contributed by atoms with Crippen LogP contribution in [0, 0.1) is 5.92 Å². The Morgan fingerprint density at radius 1 is 1.28 bits per heavy atom. The van der Waals surface area contributed by atoms with Crippen LogP contribution in [0.5, 0.6) is 0 Å². The first-order valence-corrected chi connectivity index (χ1v) is 6.74. The highest BCUT2D eigenvalue weighted by atomic mass is 16.5. The van der Waals surface area contributed by atoms with Crippen molar-refractivity contribution in [2.45, 2.75) is 33.1 Å². The molecule has 0 heterocycles. The lowest BCUT2D eigenvalue weighted by molar-refractivity contribution is -0.142. The van der Waals surface area contributed by atoms with Gasteiger partial charge in [0.05, 0.1) is 19.8 Å². The fraction of sp³-hybridized carbons (Fsp3) is 0.923. The number of nitrogens with one attached hydrogen (secondary N) is 1. The molecule has 0 radical (unpaired) electrons. The van der Waals surface area contributed by atoms with E-state index in [9.17, 15) is 4.79 Å². The van der Waals surface area contributed by atoms with Crippen LogP contribution < -0.4 is 5.32 Å². The molecule has 5 heteroatoms. The highest BCUT2D eigenvalue weighted by molar-refractivity contribution is 5.67. The molecule has 0 unspecified atom stereocenters. The van der Waals surface area contributed by atoms with E-state index in [-0.39, 0.29) is 6.61 Å². The van der Waals surface area contributed by atoms with Crippen LogP contribution in [0.4, 0.5) is 0 Å². The first-order valence-electron chi connectivity index (χ1n) is 6.74. The van der Waals surface area contributed by atoms with Gasteiger partial charge in [-0.2, -0.15) is 0 Å². The fourth-order valence-corrected chi connectivity index (χ4v) is 1.53. The smallest absolute Gasteiger partial charge is 0.329 e. The molecule has 0 aliphatic rings. The van der Waals surface area contributed by atoms with E-state index in [1.807, 2.05) is 0 Å². The summed E-state index contributed by atoms with van der Waals surface area (Å²) in [6, 6.07) is 0. The zero-order chi connectivity index (χ0) is 13.6. The first kappa shape index (κ1) is 17.4. The SMILES string of the molecule is CCCC[C@H](C)CNCCOCCOCC(=O)O. The van der Waals surface area contributed by atoms with Gasteiger partial charge in [0, 0.05) is 6.54 Å². The van der Waals surface area contributed by atoms with Crippen molar-refractivity contribution in [3.63, 3.8) is 0 Å². The van der Waals surface area contributed by atoms with Crippen molar-refractivity contribution in [3.05, 3.63) is 0 Å². The molecule has 18 heavy (non-hydrogen) atoms. The van der Waals surface area contributed by atoms with Crippen LogP contribution in [0.15, 0.2) is 0 Å². The summed E-state index contributed by atoms with van der Waals surface area (Å²) in [5, 5.41) is 11.7. The third-order valence-corrected chi connectivity index (χ3v) is 2.56. The molecule has 0 aromatic heterocycles. The number of unbranched alkanes of at least 4 members (excludes halogenated alkanes) is 1. The average Bonchev–Trinajstić information content (AvgIpc) is 2.34. The number of carboxylic acids is 1. The van der Waals surface area contributed by atoms with Crippen LogP contribution >= 0.6 is 0 Å². The van der Waals surface area contributed by atoms with Gasteiger partial charge in [-0.05, 0) is 18.9 Å². The molecule has 0 amide bonds. The van der Waals surface area contributed by atoms with Gasteiger partial charge in [-0.25, -0.2) is 4.79 Å². The Kier molecular flexibility index (Phi) is 12.3. The summed E-state index contributed by atoms with van der Waals surface area (Å²) >= 11 is 0. The van der Waals surface area contributed by atoms with E-state index >= 15 is 0 Å². The molecule has 0 aromatic carbocycles. The standard InChI is InChI=1S/C13H27NO4/c1-3-4-5-12(2)10-14-6-7-17-8-9-18-11-13(15)16/h12,14H,3-11H2,1-2H3,(H,15,16)/t12-/m0/s1. The van der Waals surface area contributed by atoms with Crippen molar-refractivity contribution in [2.75, 3.05) is 39.5 Å². The molecule has 0 saturated carbocycles. The zero-order valence-electron chi connectivity index (χ0n) is 11.6. The highest BCUT2D eigenvalue weighted by Crippen LogP contribution is 2.05. The minimum absolute atomic E-state index is 0.253. The minimum atomic E-state index is -0.947. The third kappa shape index (κ3) is 13.4. The number of aliphatic carboxylic acids is 1. The van der Waals surface area contributed by atoms with E-state index < -0.39 is 5.97 Å². The summed E-state index contributed by atoms with van der Waals surface area (Å²) < 4.78 is 10.1. The van der Waals surface area contributed by atoms with Crippen LogP contribution in [-0.4, -0.2) is 50.6 Å². The van der Waals surface area contributed by atoms with Crippen LogP contribution in [0.3, 0.4) is 0 Å². The minimum Gasteiger partial charge on any atom is -0.480 e. The predicted molar refractivity (Wildman–Crippen MR) is 70.8 cm³/mol. The van der Waals surface area contributed by atoms with Gasteiger partial charge in [0.25, 0.3) is 0 Å². The quantitative estimate of drug-likeness (QED) is 0.492. The van der Waals surface area contributed by atoms with Gasteiger partial charge >= 0.3 is 5.97 Å². The second kappa shape index (κ2) is 12.8. The summed E-state index contributed by atoms with van der Waals surface area (Å²) in [7, 11) is 0. The lowest BCUT2D eigenvalue weighted by atomic mass is 10.0. The van der Waals surface area contributed by atoms with E-state index in [0.29, 0.717) is 25.7 Å². The molecular formula is C13H27NO4. The van der Waals surface area contributed by atoms with Gasteiger partial charge in [-0.1, -0.05) is 26.7 Å². The molecule has 0 saturated heterocycles.